The summed E-state index contributed by atoms with van der Waals surface area (Å²) >= 11 is 7.19. The molecule has 0 saturated heterocycles. The molecule has 0 aliphatic carbocycles. The number of halogens is 1. The number of hydrogen-bond donors (Lipinski definition) is 2. The highest BCUT2D eigenvalue weighted by Crippen LogP contribution is 2.25. The maximum Gasteiger partial charge on any atom is 0.269 e. The van der Waals surface area contributed by atoms with E-state index in [1.165, 1.54) is 35.6 Å². The van der Waals surface area contributed by atoms with Crippen LogP contribution in [0.25, 0.3) is 11.3 Å². The van der Waals surface area contributed by atoms with Crippen LogP contribution in [0, 0.1) is 10.1 Å². The molecule has 0 unspecified atom stereocenters. The van der Waals surface area contributed by atoms with Gasteiger partial charge in [-0.2, -0.15) is 0 Å². The van der Waals surface area contributed by atoms with Gasteiger partial charge in [0.05, 0.1) is 10.6 Å². The van der Waals surface area contributed by atoms with Crippen molar-refractivity contribution >= 4 is 39.7 Å². The first-order chi connectivity index (χ1) is 12.0. The van der Waals surface area contributed by atoms with E-state index in [4.69, 9.17) is 11.6 Å². The zero-order chi connectivity index (χ0) is 17.8. The van der Waals surface area contributed by atoms with Crippen molar-refractivity contribution in [1.29, 1.82) is 0 Å². The number of aromatic nitrogens is 1. The highest BCUT2D eigenvalue weighted by Gasteiger charge is 2.10. The van der Waals surface area contributed by atoms with Crippen LogP contribution in [-0.4, -0.2) is 15.8 Å². The van der Waals surface area contributed by atoms with Crippen molar-refractivity contribution in [3.63, 3.8) is 0 Å². The predicted octanol–water partition coefficient (Wildman–Crippen LogP) is 4.13. The Labute approximate surface area is 151 Å². The second-order valence-electron chi connectivity index (χ2n) is 4.93. The van der Waals surface area contributed by atoms with E-state index < -0.39 is 10.8 Å². The van der Waals surface area contributed by atoms with Gasteiger partial charge in [0.2, 0.25) is 5.13 Å². The summed E-state index contributed by atoms with van der Waals surface area (Å²) in [7, 11) is 0. The summed E-state index contributed by atoms with van der Waals surface area (Å²) in [5, 5.41) is 13.6. The van der Waals surface area contributed by atoms with E-state index in [0.29, 0.717) is 15.7 Å². The van der Waals surface area contributed by atoms with Gasteiger partial charge in [0.25, 0.3) is 11.6 Å². The quantitative estimate of drug-likeness (QED) is 0.517. The van der Waals surface area contributed by atoms with Crippen LogP contribution in [0.4, 0.5) is 10.8 Å². The van der Waals surface area contributed by atoms with E-state index in [1.807, 2.05) is 17.5 Å². The topological polar surface area (TPSA) is 97.2 Å². The molecule has 1 aromatic heterocycles. The van der Waals surface area contributed by atoms with E-state index in [9.17, 15) is 14.9 Å². The Morgan fingerprint density at radius 1 is 1.12 bits per heavy atom. The first-order valence-corrected chi connectivity index (χ1v) is 8.31. The number of anilines is 1. The van der Waals surface area contributed by atoms with Crippen molar-refractivity contribution in [2.75, 3.05) is 5.43 Å². The van der Waals surface area contributed by atoms with Gasteiger partial charge in [-0.15, -0.1) is 11.3 Å². The van der Waals surface area contributed by atoms with Crippen molar-refractivity contribution in [3.05, 3.63) is 74.6 Å². The normalized spacial score (nSPS) is 10.3. The fraction of sp³-hybridized carbons (Fsp3) is 0. The number of carbonyl (C=O) groups is 1. The van der Waals surface area contributed by atoms with Gasteiger partial charge in [0.15, 0.2) is 0 Å². The Bertz CT molecular complexity index is 910. The van der Waals surface area contributed by atoms with E-state index in [2.05, 4.69) is 15.8 Å². The number of thiazole rings is 1. The summed E-state index contributed by atoms with van der Waals surface area (Å²) in [5.74, 6) is -0.418. The summed E-state index contributed by atoms with van der Waals surface area (Å²) in [6.07, 6.45) is 0. The minimum atomic E-state index is -0.520. The first-order valence-electron chi connectivity index (χ1n) is 7.05. The number of non-ortho nitro benzene ring substituents is 1. The zero-order valence-corrected chi connectivity index (χ0v) is 14.2. The van der Waals surface area contributed by atoms with Crippen LogP contribution < -0.4 is 10.9 Å². The molecule has 3 aromatic rings. The monoisotopic (exact) mass is 374 g/mol. The lowest BCUT2D eigenvalue weighted by atomic mass is 10.2. The van der Waals surface area contributed by atoms with Crippen LogP contribution in [-0.2, 0) is 0 Å². The second-order valence-corrected chi connectivity index (χ2v) is 6.22. The van der Waals surface area contributed by atoms with Gasteiger partial charge in [-0.3, -0.25) is 25.8 Å². The zero-order valence-electron chi connectivity index (χ0n) is 12.6. The molecule has 0 aliphatic heterocycles. The average Bonchev–Trinajstić information content (AvgIpc) is 3.09. The molecule has 7 nitrogen and oxygen atoms in total. The lowest BCUT2D eigenvalue weighted by molar-refractivity contribution is -0.384. The molecule has 1 heterocycles. The van der Waals surface area contributed by atoms with E-state index >= 15 is 0 Å². The Morgan fingerprint density at radius 2 is 1.80 bits per heavy atom. The predicted molar refractivity (Wildman–Crippen MR) is 96.7 cm³/mol. The number of benzene rings is 2. The number of hydrogen-bond acceptors (Lipinski definition) is 6. The first kappa shape index (κ1) is 16.9. The van der Waals surface area contributed by atoms with Gasteiger partial charge in [-0.05, 0) is 24.3 Å². The summed E-state index contributed by atoms with van der Waals surface area (Å²) in [5.41, 5.74) is 7.13. The third-order valence-corrected chi connectivity index (χ3v) is 4.28. The molecule has 0 bridgehead atoms. The Morgan fingerprint density at radius 3 is 2.44 bits per heavy atom. The molecule has 0 radical (unpaired) electrons. The van der Waals surface area contributed by atoms with E-state index in [0.717, 1.165) is 11.3 Å². The van der Waals surface area contributed by atoms with Crippen LogP contribution in [0.5, 0.6) is 0 Å². The number of carbonyl (C=O) groups excluding carboxylic acids is 1. The molecule has 0 spiro atoms. The van der Waals surface area contributed by atoms with Crippen molar-refractivity contribution in [3.8, 4) is 11.3 Å². The van der Waals surface area contributed by atoms with Crippen LogP contribution in [0.3, 0.4) is 0 Å². The number of amides is 1. The Hall–Kier alpha value is -2.97. The molecule has 1 amide bonds. The van der Waals surface area contributed by atoms with Crippen molar-refractivity contribution in [1.82, 2.24) is 10.4 Å². The average molecular weight is 375 g/mol. The SMILES string of the molecule is O=C(NNc1nc(-c2ccc(Cl)cc2)cs1)c1ccc([N+](=O)[O-])cc1. The molecule has 0 aliphatic rings. The lowest BCUT2D eigenvalue weighted by Crippen LogP contribution is -2.29. The molecule has 2 N–H and O–H groups in total. The lowest BCUT2D eigenvalue weighted by Gasteiger charge is -2.05. The fourth-order valence-electron chi connectivity index (χ4n) is 2.00. The highest BCUT2D eigenvalue weighted by atomic mass is 35.5. The van der Waals surface area contributed by atoms with Crippen LogP contribution in [0.1, 0.15) is 10.4 Å². The van der Waals surface area contributed by atoms with Crippen molar-refractivity contribution < 1.29 is 9.72 Å². The Kier molecular flexibility index (Phi) is 4.92. The van der Waals surface area contributed by atoms with E-state index in [-0.39, 0.29) is 5.69 Å². The summed E-state index contributed by atoms with van der Waals surface area (Å²) in [6, 6.07) is 12.6. The molecular formula is C16H11ClN4O3S. The molecule has 25 heavy (non-hydrogen) atoms. The highest BCUT2D eigenvalue weighted by molar-refractivity contribution is 7.14. The number of nitrogens with one attached hydrogen (secondary N) is 2. The molecule has 3 rings (SSSR count). The summed E-state index contributed by atoms with van der Waals surface area (Å²) in [4.78, 5) is 26.5. The van der Waals surface area contributed by atoms with Gasteiger partial charge < -0.3 is 0 Å². The fourth-order valence-corrected chi connectivity index (χ4v) is 2.80. The third kappa shape index (κ3) is 4.11. The van der Waals surface area contributed by atoms with Crippen LogP contribution >= 0.6 is 22.9 Å². The molecule has 126 valence electrons. The minimum absolute atomic E-state index is 0.0722. The van der Waals surface area contributed by atoms with Crippen LogP contribution in [0.2, 0.25) is 5.02 Å². The number of rotatable bonds is 5. The third-order valence-electron chi connectivity index (χ3n) is 3.27. The molecule has 0 atom stereocenters. The molecule has 2 aromatic carbocycles. The minimum Gasteiger partial charge on any atom is -0.273 e. The number of hydrazine groups is 1. The second kappa shape index (κ2) is 7.29. The largest absolute Gasteiger partial charge is 0.273 e. The van der Waals surface area contributed by atoms with Gasteiger partial charge in [-0.25, -0.2) is 4.98 Å². The number of nitro benzene ring substituents is 1. The van der Waals surface area contributed by atoms with Crippen molar-refractivity contribution in [2.24, 2.45) is 0 Å². The smallest absolute Gasteiger partial charge is 0.269 e. The molecule has 9 heteroatoms. The van der Waals surface area contributed by atoms with Gasteiger partial charge >= 0.3 is 0 Å². The maximum absolute atomic E-state index is 12.0. The van der Waals surface area contributed by atoms with Gasteiger partial charge in [0, 0.05) is 33.7 Å². The number of nitrogens with zero attached hydrogens (tertiary/aromatic N) is 2. The summed E-state index contributed by atoms with van der Waals surface area (Å²) in [6.45, 7) is 0. The maximum atomic E-state index is 12.0. The van der Waals surface area contributed by atoms with Crippen LogP contribution in [0.15, 0.2) is 53.9 Å². The Balaban J connectivity index is 1.62. The molecule has 0 fully saturated rings. The number of nitro groups is 1. The van der Waals surface area contributed by atoms with E-state index in [1.54, 1.807) is 12.1 Å². The standard InChI is InChI=1S/C16H11ClN4O3S/c17-12-5-1-10(2-6-12)14-9-25-16(18-14)20-19-15(22)11-3-7-13(8-4-11)21(23)24/h1-9H,(H,18,20)(H,19,22). The summed E-state index contributed by atoms with van der Waals surface area (Å²) < 4.78 is 0. The molecule has 0 saturated carbocycles. The van der Waals surface area contributed by atoms with Gasteiger partial charge in [-0.1, -0.05) is 23.7 Å². The molecular weight excluding hydrogens is 364 g/mol. The van der Waals surface area contributed by atoms with Crippen molar-refractivity contribution in [2.45, 2.75) is 0 Å². The van der Waals surface area contributed by atoms with Gasteiger partial charge in [0.1, 0.15) is 0 Å².